The molecule has 0 atom stereocenters. The van der Waals surface area contributed by atoms with Crippen LogP contribution >= 0.6 is 0 Å². The highest BCUT2D eigenvalue weighted by Gasteiger charge is 2.31. The lowest BCUT2D eigenvalue weighted by molar-refractivity contribution is -0.147. The summed E-state index contributed by atoms with van der Waals surface area (Å²) in [5.41, 5.74) is 1.32. The molecule has 1 aliphatic rings. The Morgan fingerprint density at radius 2 is 1.90 bits per heavy atom. The third kappa shape index (κ3) is 4.10. The molecule has 2 heterocycles. The second kappa shape index (κ2) is 7.84. The normalized spacial score (nSPS) is 16.0. The Morgan fingerprint density at radius 1 is 1.17 bits per heavy atom. The molecule has 1 saturated heterocycles. The van der Waals surface area contributed by atoms with E-state index in [1.165, 1.54) is 17.3 Å². The van der Waals surface area contributed by atoms with Gasteiger partial charge in [-0.15, -0.1) is 0 Å². The molecule has 0 unspecified atom stereocenters. The Hall–Kier alpha value is -2.91. The van der Waals surface area contributed by atoms with Gasteiger partial charge < -0.3 is 14.6 Å². The second-order valence-corrected chi connectivity index (χ2v) is 8.83. The molecule has 4 rings (SSSR count). The number of piperidine rings is 1. The predicted molar refractivity (Wildman–Crippen MR) is 107 cm³/mol. The van der Waals surface area contributed by atoms with Crippen LogP contribution in [0, 0.1) is 0 Å². The average molecular weight is 415 g/mol. The molecule has 9 heteroatoms. The molecule has 1 aliphatic heterocycles. The van der Waals surface area contributed by atoms with Crippen LogP contribution in [0.25, 0.3) is 11.0 Å². The van der Waals surface area contributed by atoms with Gasteiger partial charge in [0.2, 0.25) is 10.0 Å². The zero-order chi connectivity index (χ0) is 20.4. The van der Waals surface area contributed by atoms with Crippen LogP contribution in [0.5, 0.6) is 0 Å². The molecule has 0 radical (unpaired) electrons. The van der Waals surface area contributed by atoms with E-state index < -0.39 is 10.0 Å². The molecular formula is C20H21N3O5S. The lowest BCUT2D eigenvalue weighted by Crippen LogP contribution is -2.41. The van der Waals surface area contributed by atoms with Crippen molar-refractivity contribution in [3.8, 4) is 0 Å². The zero-order valence-corrected chi connectivity index (χ0v) is 16.7. The van der Waals surface area contributed by atoms with Crippen LogP contribution in [0.4, 0.5) is 11.5 Å². The van der Waals surface area contributed by atoms with Crippen LogP contribution in [0.1, 0.15) is 19.8 Å². The lowest BCUT2D eigenvalue weighted by atomic mass is 10.1. The van der Waals surface area contributed by atoms with E-state index in [1.54, 1.807) is 12.1 Å². The standard InChI is InChI=1S/C20H21N3O5S/c1-14(24)27-16-9-11-23(12-10-16)29(25,26)17-7-8-19-18(13-17)20(22-28-19)21-15-5-3-2-4-6-15/h2-8,13,16H,9-12H2,1H3,(H,21,22). The third-order valence-electron chi connectivity index (χ3n) is 4.85. The van der Waals surface area contributed by atoms with E-state index >= 15 is 0 Å². The fraction of sp³-hybridized carbons (Fsp3) is 0.300. The summed E-state index contributed by atoms with van der Waals surface area (Å²) in [6.07, 6.45) is 0.728. The number of para-hydroxylation sites is 1. The molecule has 1 N–H and O–H groups in total. The van der Waals surface area contributed by atoms with Crippen LogP contribution in [-0.4, -0.2) is 43.0 Å². The molecule has 0 bridgehead atoms. The number of nitrogens with one attached hydrogen (secondary N) is 1. The van der Waals surface area contributed by atoms with Gasteiger partial charge in [-0.25, -0.2) is 8.42 Å². The Morgan fingerprint density at radius 3 is 2.59 bits per heavy atom. The SMILES string of the molecule is CC(=O)OC1CCN(S(=O)(=O)c2ccc3onc(Nc4ccccc4)c3c2)CC1. The largest absolute Gasteiger partial charge is 0.462 e. The zero-order valence-electron chi connectivity index (χ0n) is 15.9. The number of rotatable bonds is 5. The van der Waals surface area contributed by atoms with Gasteiger partial charge in [0.15, 0.2) is 11.4 Å². The third-order valence-corrected chi connectivity index (χ3v) is 6.74. The number of fused-ring (bicyclic) bond motifs is 1. The van der Waals surface area contributed by atoms with Crippen molar-refractivity contribution in [1.82, 2.24) is 9.46 Å². The van der Waals surface area contributed by atoms with Crippen molar-refractivity contribution in [3.05, 3.63) is 48.5 Å². The molecule has 1 fully saturated rings. The Kier molecular flexibility index (Phi) is 5.25. The number of aromatic nitrogens is 1. The van der Waals surface area contributed by atoms with Crippen LogP contribution < -0.4 is 5.32 Å². The van der Waals surface area contributed by atoms with Gasteiger partial charge in [-0.2, -0.15) is 4.31 Å². The molecular weight excluding hydrogens is 394 g/mol. The molecule has 2 aromatic carbocycles. The number of ether oxygens (including phenoxy) is 1. The molecule has 0 amide bonds. The summed E-state index contributed by atoms with van der Waals surface area (Å²) in [6.45, 7) is 1.96. The summed E-state index contributed by atoms with van der Waals surface area (Å²) in [4.78, 5) is 11.3. The first-order valence-electron chi connectivity index (χ1n) is 9.32. The number of hydrogen-bond acceptors (Lipinski definition) is 7. The van der Waals surface area contributed by atoms with Gasteiger partial charge in [-0.1, -0.05) is 23.4 Å². The van der Waals surface area contributed by atoms with Crippen molar-refractivity contribution in [1.29, 1.82) is 0 Å². The van der Waals surface area contributed by atoms with E-state index in [0.29, 0.717) is 42.7 Å². The van der Waals surface area contributed by atoms with Crippen molar-refractivity contribution in [2.75, 3.05) is 18.4 Å². The van der Waals surface area contributed by atoms with Gasteiger partial charge in [0.1, 0.15) is 6.10 Å². The smallest absolute Gasteiger partial charge is 0.302 e. The van der Waals surface area contributed by atoms with E-state index in [2.05, 4.69) is 10.5 Å². The first kappa shape index (κ1) is 19.4. The van der Waals surface area contributed by atoms with Crippen LogP contribution in [-0.2, 0) is 19.6 Å². The summed E-state index contributed by atoms with van der Waals surface area (Å²) >= 11 is 0. The van der Waals surface area contributed by atoms with Crippen molar-refractivity contribution in [2.45, 2.75) is 30.8 Å². The van der Waals surface area contributed by atoms with Gasteiger partial charge >= 0.3 is 5.97 Å². The molecule has 8 nitrogen and oxygen atoms in total. The maximum absolute atomic E-state index is 13.1. The second-order valence-electron chi connectivity index (χ2n) is 6.89. The van der Waals surface area contributed by atoms with E-state index in [9.17, 15) is 13.2 Å². The van der Waals surface area contributed by atoms with Gasteiger partial charge in [-0.05, 0) is 43.2 Å². The molecule has 0 saturated carbocycles. The van der Waals surface area contributed by atoms with Crippen LogP contribution in [0.3, 0.4) is 0 Å². The number of esters is 1. The van der Waals surface area contributed by atoms with E-state index in [0.717, 1.165) is 5.69 Å². The summed E-state index contributed by atoms with van der Waals surface area (Å²) in [5.74, 6) is 0.111. The maximum Gasteiger partial charge on any atom is 0.302 e. The van der Waals surface area contributed by atoms with Crippen molar-refractivity contribution in [2.24, 2.45) is 0 Å². The number of carbonyl (C=O) groups is 1. The minimum Gasteiger partial charge on any atom is -0.462 e. The lowest BCUT2D eigenvalue weighted by Gasteiger charge is -2.30. The average Bonchev–Trinajstić information content (AvgIpc) is 3.11. The van der Waals surface area contributed by atoms with Crippen molar-refractivity contribution >= 4 is 38.5 Å². The molecule has 1 aromatic heterocycles. The van der Waals surface area contributed by atoms with Gasteiger partial charge in [-0.3, -0.25) is 4.79 Å². The van der Waals surface area contributed by atoms with Crippen molar-refractivity contribution in [3.63, 3.8) is 0 Å². The number of benzene rings is 2. The predicted octanol–water partition coefficient (Wildman–Crippen LogP) is 3.29. The number of sulfonamides is 1. The fourth-order valence-corrected chi connectivity index (χ4v) is 4.90. The van der Waals surface area contributed by atoms with E-state index in [4.69, 9.17) is 9.26 Å². The number of hydrogen-bond donors (Lipinski definition) is 1. The first-order valence-corrected chi connectivity index (χ1v) is 10.8. The quantitative estimate of drug-likeness (QED) is 0.638. The maximum atomic E-state index is 13.1. The topological polar surface area (TPSA) is 102 Å². The highest BCUT2D eigenvalue weighted by Crippen LogP contribution is 2.30. The summed E-state index contributed by atoms with van der Waals surface area (Å²) in [7, 11) is -3.68. The summed E-state index contributed by atoms with van der Waals surface area (Å²) in [5, 5.41) is 7.76. The molecule has 152 valence electrons. The highest BCUT2D eigenvalue weighted by atomic mass is 32.2. The summed E-state index contributed by atoms with van der Waals surface area (Å²) in [6, 6.07) is 14.2. The van der Waals surface area contributed by atoms with Crippen molar-refractivity contribution < 1.29 is 22.5 Å². The van der Waals surface area contributed by atoms with Gasteiger partial charge in [0.25, 0.3) is 0 Å². The monoisotopic (exact) mass is 415 g/mol. The first-order chi connectivity index (χ1) is 13.9. The number of carbonyl (C=O) groups excluding carboxylic acids is 1. The number of anilines is 2. The van der Waals surface area contributed by atoms with Crippen LogP contribution in [0.2, 0.25) is 0 Å². The van der Waals surface area contributed by atoms with Crippen LogP contribution in [0.15, 0.2) is 57.9 Å². The highest BCUT2D eigenvalue weighted by molar-refractivity contribution is 7.89. The Bertz CT molecular complexity index is 1120. The minimum absolute atomic E-state index is 0.176. The Balaban J connectivity index is 1.57. The number of nitrogens with zero attached hydrogens (tertiary/aromatic N) is 2. The van der Waals surface area contributed by atoms with E-state index in [-0.39, 0.29) is 17.0 Å². The Labute approximate surface area is 168 Å². The van der Waals surface area contributed by atoms with E-state index in [1.807, 2.05) is 30.3 Å². The summed E-state index contributed by atoms with van der Waals surface area (Å²) < 4.78 is 38.1. The molecule has 0 spiro atoms. The molecule has 0 aliphatic carbocycles. The minimum atomic E-state index is -3.68. The molecule has 3 aromatic rings. The van der Waals surface area contributed by atoms with Gasteiger partial charge in [0, 0.05) is 25.7 Å². The van der Waals surface area contributed by atoms with Gasteiger partial charge in [0.05, 0.1) is 10.3 Å². The fourth-order valence-electron chi connectivity index (χ4n) is 3.40. The molecule has 29 heavy (non-hydrogen) atoms.